The van der Waals surface area contributed by atoms with Gasteiger partial charge >= 0.3 is 0 Å². The summed E-state index contributed by atoms with van der Waals surface area (Å²) in [4.78, 5) is 37.3. The summed E-state index contributed by atoms with van der Waals surface area (Å²) >= 11 is 1.05. The number of halogens is 1. The number of carbonyl (C=O) groups excluding carboxylic acids is 3. The van der Waals surface area contributed by atoms with Crippen LogP contribution in [0.25, 0.3) is 11.0 Å². The van der Waals surface area contributed by atoms with Crippen LogP contribution in [0.3, 0.4) is 0 Å². The molecule has 0 aliphatic rings. The smallest absolute Gasteiger partial charge is 0.286 e. The van der Waals surface area contributed by atoms with Gasteiger partial charge in [-0.3, -0.25) is 14.4 Å². The quantitative estimate of drug-likeness (QED) is 0.425. The maximum Gasteiger partial charge on any atom is 0.286 e. The Morgan fingerprint density at radius 2 is 1.77 bits per heavy atom. The van der Waals surface area contributed by atoms with Crippen molar-refractivity contribution < 1.29 is 23.2 Å². The van der Waals surface area contributed by atoms with Crippen molar-refractivity contribution in [2.75, 3.05) is 10.6 Å². The van der Waals surface area contributed by atoms with E-state index < -0.39 is 23.5 Å². The van der Waals surface area contributed by atoms with Gasteiger partial charge in [-0.15, -0.1) is 11.3 Å². The largest absolute Gasteiger partial charge is 0.449 e. The molecule has 0 radical (unpaired) electrons. The molecule has 0 atom stereocenters. The van der Waals surface area contributed by atoms with Gasteiger partial charge < -0.3 is 20.8 Å². The monoisotopic (exact) mass is 437 g/mol. The van der Waals surface area contributed by atoms with E-state index in [1.54, 1.807) is 37.3 Å². The van der Waals surface area contributed by atoms with Gasteiger partial charge in [0, 0.05) is 10.9 Å². The number of anilines is 2. The Labute approximate surface area is 179 Å². The van der Waals surface area contributed by atoms with Crippen LogP contribution in [0.2, 0.25) is 0 Å². The second-order valence-electron chi connectivity index (χ2n) is 6.71. The maximum atomic E-state index is 13.4. The first kappa shape index (κ1) is 20.3. The third kappa shape index (κ3) is 4.03. The van der Waals surface area contributed by atoms with E-state index in [2.05, 4.69) is 10.6 Å². The van der Waals surface area contributed by atoms with Crippen LogP contribution < -0.4 is 16.4 Å². The third-order valence-corrected chi connectivity index (χ3v) is 5.66. The van der Waals surface area contributed by atoms with E-state index >= 15 is 0 Å². The van der Waals surface area contributed by atoms with E-state index in [9.17, 15) is 18.8 Å². The Morgan fingerprint density at radius 1 is 1.00 bits per heavy atom. The topological polar surface area (TPSA) is 114 Å². The molecule has 2 heterocycles. The van der Waals surface area contributed by atoms with Crippen molar-refractivity contribution in [3.05, 3.63) is 82.2 Å². The number of fused-ring (bicyclic) bond motifs is 1. The Balaban J connectivity index is 1.59. The number of hydrogen-bond acceptors (Lipinski definition) is 5. The Morgan fingerprint density at radius 3 is 2.52 bits per heavy atom. The van der Waals surface area contributed by atoms with Crippen molar-refractivity contribution in [1.82, 2.24) is 0 Å². The predicted octanol–water partition coefficient (Wildman–Crippen LogP) is 4.55. The van der Waals surface area contributed by atoms with Crippen molar-refractivity contribution in [2.24, 2.45) is 5.73 Å². The standard InChI is InChI=1S/C22H16FN3O4S/c1-11-9-16(25-21(28)12-5-4-6-13(23)10-12)31-19(11)22(29)26-17-14-7-2-3-8-15(14)30-18(17)20(24)27/h2-10H,1H3,(H2,24,27)(H,25,28)(H,26,29). The first-order valence-electron chi connectivity index (χ1n) is 9.13. The number of carbonyl (C=O) groups is 3. The number of nitrogens with two attached hydrogens (primary N) is 1. The van der Waals surface area contributed by atoms with Crippen LogP contribution in [-0.2, 0) is 0 Å². The number of amides is 3. The Bertz CT molecular complexity index is 1340. The lowest BCUT2D eigenvalue weighted by molar-refractivity contribution is 0.0975. The van der Waals surface area contributed by atoms with E-state index in [0.717, 1.165) is 17.4 Å². The van der Waals surface area contributed by atoms with Crippen molar-refractivity contribution >= 4 is 50.7 Å². The highest BCUT2D eigenvalue weighted by atomic mass is 32.1. The molecule has 0 spiro atoms. The van der Waals surface area contributed by atoms with Crippen molar-refractivity contribution in [3.8, 4) is 0 Å². The number of aryl methyl sites for hydroxylation is 1. The number of thiophene rings is 1. The van der Waals surface area contributed by atoms with Crippen LogP contribution in [0.15, 0.2) is 59.0 Å². The number of rotatable bonds is 5. The number of hydrogen-bond donors (Lipinski definition) is 3. The highest BCUT2D eigenvalue weighted by molar-refractivity contribution is 7.18. The van der Waals surface area contributed by atoms with E-state index in [-0.39, 0.29) is 17.0 Å². The van der Waals surface area contributed by atoms with E-state index in [1.807, 2.05) is 0 Å². The lowest BCUT2D eigenvalue weighted by Gasteiger charge is -2.04. The molecule has 3 amide bonds. The average molecular weight is 437 g/mol. The zero-order valence-corrected chi connectivity index (χ0v) is 17.0. The molecule has 0 fully saturated rings. The Hall–Kier alpha value is -3.98. The van der Waals surface area contributed by atoms with Crippen LogP contribution in [0.1, 0.15) is 36.1 Å². The van der Waals surface area contributed by atoms with Crippen LogP contribution >= 0.6 is 11.3 Å². The molecule has 0 aliphatic carbocycles. The number of benzene rings is 2. The van der Waals surface area contributed by atoms with Crippen molar-refractivity contribution in [3.63, 3.8) is 0 Å². The van der Waals surface area contributed by atoms with Crippen molar-refractivity contribution in [1.29, 1.82) is 0 Å². The summed E-state index contributed by atoms with van der Waals surface area (Å²) in [6.45, 7) is 1.71. The van der Waals surface area contributed by atoms with Crippen LogP contribution in [-0.4, -0.2) is 17.7 Å². The maximum absolute atomic E-state index is 13.4. The van der Waals surface area contributed by atoms with Gasteiger partial charge in [0.15, 0.2) is 0 Å². The molecule has 4 aromatic rings. The fraction of sp³-hybridized carbons (Fsp3) is 0.0455. The van der Waals surface area contributed by atoms with E-state index in [0.29, 0.717) is 26.4 Å². The van der Waals surface area contributed by atoms with Gasteiger partial charge in [0.2, 0.25) is 5.76 Å². The summed E-state index contributed by atoms with van der Waals surface area (Å²) in [5.74, 6) is -2.46. The molecule has 2 aromatic carbocycles. The SMILES string of the molecule is Cc1cc(NC(=O)c2cccc(F)c2)sc1C(=O)Nc1c(C(N)=O)oc2ccccc12. The lowest BCUT2D eigenvalue weighted by atomic mass is 10.2. The summed E-state index contributed by atoms with van der Waals surface area (Å²) in [6.07, 6.45) is 0. The van der Waals surface area contributed by atoms with Crippen LogP contribution in [0.5, 0.6) is 0 Å². The number of primary amides is 1. The van der Waals surface area contributed by atoms with Crippen LogP contribution in [0.4, 0.5) is 15.1 Å². The molecule has 4 N–H and O–H groups in total. The third-order valence-electron chi connectivity index (χ3n) is 4.51. The summed E-state index contributed by atoms with van der Waals surface area (Å²) in [5.41, 5.74) is 6.77. The van der Waals surface area contributed by atoms with Gasteiger partial charge in [0.05, 0.1) is 9.88 Å². The summed E-state index contributed by atoms with van der Waals surface area (Å²) in [5, 5.41) is 6.31. The minimum Gasteiger partial charge on any atom is -0.449 e. The lowest BCUT2D eigenvalue weighted by Crippen LogP contribution is -2.16. The first-order valence-corrected chi connectivity index (χ1v) is 9.95. The molecule has 0 unspecified atom stereocenters. The van der Waals surface area contributed by atoms with Gasteiger partial charge in [-0.2, -0.15) is 0 Å². The van der Waals surface area contributed by atoms with Crippen molar-refractivity contribution in [2.45, 2.75) is 6.92 Å². The molecule has 4 rings (SSSR count). The average Bonchev–Trinajstić information content (AvgIpc) is 3.28. The van der Waals surface area contributed by atoms with Gasteiger partial charge in [0.1, 0.15) is 17.1 Å². The number of para-hydroxylation sites is 1. The minimum atomic E-state index is -0.808. The summed E-state index contributed by atoms with van der Waals surface area (Å²) in [7, 11) is 0. The molecule has 156 valence electrons. The normalized spacial score (nSPS) is 10.8. The molecule has 7 nitrogen and oxygen atoms in total. The molecule has 0 aliphatic heterocycles. The molecule has 2 aromatic heterocycles. The van der Waals surface area contributed by atoms with Crippen LogP contribution in [0, 0.1) is 12.7 Å². The molecule has 0 bridgehead atoms. The molecular formula is C22H16FN3O4S. The fourth-order valence-electron chi connectivity index (χ4n) is 3.10. The minimum absolute atomic E-state index is 0.150. The summed E-state index contributed by atoms with van der Waals surface area (Å²) < 4.78 is 18.8. The highest BCUT2D eigenvalue weighted by Crippen LogP contribution is 2.33. The molecular weight excluding hydrogens is 421 g/mol. The predicted molar refractivity (Wildman–Crippen MR) is 116 cm³/mol. The second-order valence-corrected chi connectivity index (χ2v) is 7.76. The number of furan rings is 1. The highest BCUT2D eigenvalue weighted by Gasteiger charge is 2.23. The first-order chi connectivity index (χ1) is 14.8. The molecule has 9 heteroatoms. The second kappa shape index (κ2) is 8.04. The van der Waals surface area contributed by atoms with E-state index in [1.165, 1.54) is 18.2 Å². The zero-order valence-electron chi connectivity index (χ0n) is 16.2. The van der Waals surface area contributed by atoms with Gasteiger partial charge in [-0.1, -0.05) is 18.2 Å². The van der Waals surface area contributed by atoms with E-state index in [4.69, 9.17) is 10.2 Å². The zero-order chi connectivity index (χ0) is 22.1. The van der Waals surface area contributed by atoms with Gasteiger partial charge in [-0.05, 0) is 48.9 Å². The summed E-state index contributed by atoms with van der Waals surface area (Å²) in [6, 6.07) is 13.8. The fourth-order valence-corrected chi connectivity index (χ4v) is 4.06. The molecule has 0 saturated heterocycles. The number of nitrogens with one attached hydrogen (secondary N) is 2. The molecule has 31 heavy (non-hydrogen) atoms. The van der Waals surface area contributed by atoms with Gasteiger partial charge in [0.25, 0.3) is 17.7 Å². The molecule has 0 saturated carbocycles. The Kier molecular flexibility index (Phi) is 5.26. The van der Waals surface area contributed by atoms with Gasteiger partial charge in [-0.25, -0.2) is 4.39 Å².